The average Bonchev–Trinajstić information content (AvgIpc) is 3.65. The number of aryl methyl sites for hydroxylation is 1. The lowest BCUT2D eigenvalue weighted by Gasteiger charge is -2.31. The summed E-state index contributed by atoms with van der Waals surface area (Å²) in [6.07, 6.45) is 6.76. The van der Waals surface area contributed by atoms with Gasteiger partial charge in [0.2, 0.25) is 5.78 Å². The molecule has 0 amide bonds. The molecular formula is C32H34FN5O3. The number of aromatic nitrogens is 4. The van der Waals surface area contributed by atoms with Gasteiger partial charge in [-0.05, 0) is 54.9 Å². The highest BCUT2D eigenvalue weighted by atomic mass is 19.1. The second kappa shape index (κ2) is 11.6. The summed E-state index contributed by atoms with van der Waals surface area (Å²) in [6.45, 7) is 2.28. The lowest BCUT2D eigenvalue weighted by atomic mass is 9.92. The standard InChI is InChI=1S/C32H34FN5O3/c1-2-5-29-28(16-22-8-10-23(11-9-22)27-7-4-3-6-24(27)17-34)30(39)37(31-35-21-36-38(29)31)25-12-14-26(15-13-25)40-19-32(18-33)20-41-32/h3-4,6-11,21,25-26H,2,5,12-16,18-20H2,1H3. The van der Waals surface area contributed by atoms with Crippen LogP contribution in [-0.4, -0.2) is 50.8 Å². The van der Waals surface area contributed by atoms with Crippen molar-refractivity contribution >= 4 is 5.78 Å². The normalized spacial score (nSPS) is 22.1. The fourth-order valence-electron chi connectivity index (χ4n) is 5.96. The molecule has 1 atom stereocenters. The molecular weight excluding hydrogens is 521 g/mol. The van der Waals surface area contributed by atoms with Gasteiger partial charge in [-0.1, -0.05) is 55.8 Å². The molecule has 2 aliphatic rings. The van der Waals surface area contributed by atoms with Gasteiger partial charge in [0.15, 0.2) is 0 Å². The summed E-state index contributed by atoms with van der Waals surface area (Å²) in [5.41, 5.74) is 4.40. The molecule has 2 aromatic carbocycles. The molecule has 9 heteroatoms. The van der Waals surface area contributed by atoms with Gasteiger partial charge in [-0.15, -0.1) is 0 Å². The number of nitriles is 1. The van der Waals surface area contributed by atoms with Crippen LogP contribution in [0.4, 0.5) is 4.39 Å². The van der Waals surface area contributed by atoms with Gasteiger partial charge >= 0.3 is 0 Å². The summed E-state index contributed by atoms with van der Waals surface area (Å²) in [7, 11) is 0. The SMILES string of the molecule is CCCc1c(Cc2ccc(-c3ccccc3C#N)cc2)c(=O)n(C2CCC(OCC3(CF)CO3)CC2)c2ncnn12. The van der Waals surface area contributed by atoms with E-state index in [4.69, 9.17) is 9.47 Å². The first-order valence-electron chi connectivity index (χ1n) is 14.4. The summed E-state index contributed by atoms with van der Waals surface area (Å²) in [5.74, 6) is 0.581. The van der Waals surface area contributed by atoms with Crippen LogP contribution in [0.25, 0.3) is 16.9 Å². The number of alkyl halides is 1. The number of nitrogens with zero attached hydrogens (tertiary/aromatic N) is 5. The molecule has 0 bridgehead atoms. The largest absolute Gasteiger partial charge is 0.375 e. The second-order valence-corrected chi connectivity index (χ2v) is 11.2. The van der Waals surface area contributed by atoms with Crippen molar-refractivity contribution in [3.05, 3.63) is 87.6 Å². The van der Waals surface area contributed by atoms with Crippen molar-refractivity contribution < 1.29 is 13.9 Å². The predicted octanol–water partition coefficient (Wildman–Crippen LogP) is 5.21. The van der Waals surface area contributed by atoms with Gasteiger partial charge in [0.05, 0.1) is 36.6 Å². The Morgan fingerprint density at radius 2 is 1.90 bits per heavy atom. The number of halogens is 1. The van der Waals surface area contributed by atoms with Crippen LogP contribution < -0.4 is 5.56 Å². The Kier molecular flexibility index (Phi) is 7.69. The molecule has 0 spiro atoms. The van der Waals surface area contributed by atoms with Gasteiger partial charge in [0.1, 0.15) is 18.6 Å². The predicted molar refractivity (Wildman–Crippen MR) is 153 cm³/mol. The molecule has 1 aliphatic carbocycles. The Morgan fingerprint density at radius 3 is 2.59 bits per heavy atom. The van der Waals surface area contributed by atoms with Crippen LogP contribution in [0.1, 0.15) is 67.5 Å². The number of ether oxygens (including phenoxy) is 2. The molecule has 1 aliphatic heterocycles. The van der Waals surface area contributed by atoms with E-state index in [0.717, 1.165) is 66.5 Å². The minimum Gasteiger partial charge on any atom is -0.375 e. The van der Waals surface area contributed by atoms with Crippen LogP contribution in [0, 0.1) is 11.3 Å². The van der Waals surface area contributed by atoms with E-state index in [1.807, 2.05) is 57.6 Å². The molecule has 41 heavy (non-hydrogen) atoms. The molecule has 8 nitrogen and oxygen atoms in total. The third-order valence-corrected chi connectivity index (χ3v) is 8.39. The van der Waals surface area contributed by atoms with E-state index in [1.165, 1.54) is 6.33 Å². The van der Waals surface area contributed by atoms with Crippen molar-refractivity contribution in [1.82, 2.24) is 19.2 Å². The number of fused-ring (bicyclic) bond motifs is 1. The van der Waals surface area contributed by atoms with E-state index in [0.29, 0.717) is 24.4 Å². The van der Waals surface area contributed by atoms with Crippen LogP contribution in [0.15, 0.2) is 59.7 Å². The van der Waals surface area contributed by atoms with Gasteiger partial charge in [0, 0.05) is 18.0 Å². The average molecular weight is 556 g/mol. The highest BCUT2D eigenvalue weighted by molar-refractivity contribution is 5.70. The quantitative estimate of drug-likeness (QED) is 0.249. The third-order valence-electron chi connectivity index (χ3n) is 8.39. The van der Waals surface area contributed by atoms with Gasteiger partial charge in [0.25, 0.3) is 5.56 Å². The summed E-state index contributed by atoms with van der Waals surface area (Å²) in [6, 6.07) is 17.9. The fraction of sp³-hybridized carbons (Fsp3) is 0.438. The molecule has 2 aromatic heterocycles. The van der Waals surface area contributed by atoms with Crippen LogP contribution in [-0.2, 0) is 22.3 Å². The first-order valence-corrected chi connectivity index (χ1v) is 14.4. The summed E-state index contributed by atoms with van der Waals surface area (Å²) in [4.78, 5) is 18.7. The van der Waals surface area contributed by atoms with E-state index in [-0.39, 0.29) is 24.3 Å². The molecule has 1 saturated heterocycles. The minimum absolute atomic E-state index is 0.0133. The van der Waals surface area contributed by atoms with Crippen LogP contribution in [0.2, 0.25) is 0 Å². The van der Waals surface area contributed by atoms with Crippen LogP contribution in [0.5, 0.6) is 0 Å². The van der Waals surface area contributed by atoms with Crippen molar-refractivity contribution in [3.8, 4) is 17.2 Å². The van der Waals surface area contributed by atoms with Crippen molar-refractivity contribution in [1.29, 1.82) is 5.26 Å². The molecule has 212 valence electrons. The smallest absolute Gasteiger partial charge is 0.259 e. The highest BCUT2D eigenvalue weighted by Gasteiger charge is 2.46. The molecule has 3 heterocycles. The Morgan fingerprint density at radius 1 is 1.15 bits per heavy atom. The molecule has 0 radical (unpaired) electrons. The van der Waals surface area contributed by atoms with Gasteiger partial charge < -0.3 is 9.47 Å². The minimum atomic E-state index is -0.733. The fourth-order valence-corrected chi connectivity index (χ4v) is 5.96. The number of benzene rings is 2. The first kappa shape index (κ1) is 27.3. The summed E-state index contributed by atoms with van der Waals surface area (Å²) >= 11 is 0. The number of hydrogen-bond donors (Lipinski definition) is 0. The number of hydrogen-bond acceptors (Lipinski definition) is 6. The van der Waals surface area contributed by atoms with Crippen molar-refractivity contribution in [2.75, 3.05) is 19.9 Å². The monoisotopic (exact) mass is 555 g/mol. The van der Waals surface area contributed by atoms with Gasteiger partial charge in [-0.3, -0.25) is 9.36 Å². The lowest BCUT2D eigenvalue weighted by molar-refractivity contribution is -0.0129. The third kappa shape index (κ3) is 5.42. The van der Waals surface area contributed by atoms with Crippen molar-refractivity contribution in [2.45, 2.75) is 69.6 Å². The Bertz CT molecular complexity index is 1630. The maximum absolute atomic E-state index is 14.2. The zero-order chi connectivity index (χ0) is 28.4. The number of rotatable bonds is 10. The topological polar surface area (TPSA) is 97.7 Å². The zero-order valence-electron chi connectivity index (χ0n) is 23.3. The van der Waals surface area contributed by atoms with Crippen molar-refractivity contribution in [3.63, 3.8) is 0 Å². The summed E-state index contributed by atoms with van der Waals surface area (Å²) in [5, 5.41) is 14.0. The Hall–Kier alpha value is -3.87. The van der Waals surface area contributed by atoms with Crippen LogP contribution in [0.3, 0.4) is 0 Å². The molecule has 6 rings (SSSR count). The maximum Gasteiger partial charge on any atom is 0.259 e. The van der Waals surface area contributed by atoms with Gasteiger partial charge in [-0.25, -0.2) is 8.91 Å². The van der Waals surface area contributed by atoms with Crippen molar-refractivity contribution in [2.24, 2.45) is 0 Å². The van der Waals surface area contributed by atoms with E-state index in [1.54, 1.807) is 0 Å². The molecule has 1 saturated carbocycles. The molecule has 4 aromatic rings. The first-order chi connectivity index (χ1) is 20.1. The van der Waals surface area contributed by atoms with E-state index in [9.17, 15) is 14.4 Å². The lowest BCUT2D eigenvalue weighted by Crippen LogP contribution is -2.35. The molecule has 0 N–H and O–H groups in total. The van der Waals surface area contributed by atoms with Crippen LogP contribution >= 0.6 is 0 Å². The maximum atomic E-state index is 14.2. The number of epoxide rings is 1. The summed E-state index contributed by atoms with van der Waals surface area (Å²) < 4.78 is 28.1. The zero-order valence-corrected chi connectivity index (χ0v) is 23.3. The van der Waals surface area contributed by atoms with Gasteiger partial charge in [-0.2, -0.15) is 15.3 Å². The molecule has 2 fully saturated rings. The second-order valence-electron chi connectivity index (χ2n) is 11.2. The molecule has 1 unspecified atom stereocenters. The van der Waals surface area contributed by atoms with E-state index >= 15 is 0 Å². The Labute approximate surface area is 238 Å². The van der Waals surface area contributed by atoms with E-state index in [2.05, 4.69) is 23.1 Å². The van der Waals surface area contributed by atoms with E-state index < -0.39 is 12.3 Å². The highest BCUT2D eigenvalue weighted by Crippen LogP contribution is 2.34. The Balaban J connectivity index is 1.28.